The van der Waals surface area contributed by atoms with E-state index in [9.17, 15) is 4.79 Å². The highest BCUT2D eigenvalue weighted by atomic mass is 79.9. The lowest BCUT2D eigenvalue weighted by Gasteiger charge is -2.25. The Morgan fingerprint density at radius 3 is 2.86 bits per heavy atom. The van der Waals surface area contributed by atoms with Crippen LogP contribution >= 0.6 is 15.9 Å². The van der Waals surface area contributed by atoms with Crippen molar-refractivity contribution in [2.45, 2.75) is 31.8 Å². The molecule has 0 saturated carbocycles. The second kappa shape index (κ2) is 6.43. The largest absolute Gasteiger partial charge is 0.338 e. The second-order valence-electron chi connectivity index (χ2n) is 5.41. The van der Waals surface area contributed by atoms with Crippen LogP contribution in [-0.2, 0) is 17.8 Å². The normalized spacial score (nSPS) is 18.1. The highest BCUT2D eigenvalue weighted by Crippen LogP contribution is 2.20. The first-order valence-electron chi connectivity index (χ1n) is 7.24. The van der Waals surface area contributed by atoms with Crippen molar-refractivity contribution in [3.63, 3.8) is 0 Å². The minimum atomic E-state index is 0.215. The molecule has 1 atom stereocenters. The summed E-state index contributed by atoms with van der Waals surface area (Å²) in [6.07, 6.45) is 6.35. The van der Waals surface area contributed by atoms with Gasteiger partial charge in [0.05, 0.1) is 19.0 Å². The first kappa shape index (κ1) is 14.3. The molecule has 1 fully saturated rings. The van der Waals surface area contributed by atoms with Crippen molar-refractivity contribution in [3.05, 3.63) is 52.8 Å². The van der Waals surface area contributed by atoms with Crippen LogP contribution in [0.25, 0.3) is 0 Å². The maximum Gasteiger partial charge on any atom is 0.227 e. The smallest absolute Gasteiger partial charge is 0.227 e. The van der Waals surface area contributed by atoms with Crippen molar-refractivity contribution in [3.8, 4) is 0 Å². The van der Waals surface area contributed by atoms with Gasteiger partial charge >= 0.3 is 0 Å². The maximum absolute atomic E-state index is 12.5. The van der Waals surface area contributed by atoms with Crippen LogP contribution in [0.5, 0.6) is 0 Å². The Labute approximate surface area is 132 Å². The standard InChI is InChI=1S/C16H18BrN3O/c17-14-6-4-13(5-7-14)11-16(21)20-10-1-3-15(20)12-19-9-2-8-18-19/h2,4-9,15H,1,3,10-12H2. The zero-order valence-corrected chi connectivity index (χ0v) is 13.4. The summed E-state index contributed by atoms with van der Waals surface area (Å²) in [6.45, 7) is 1.65. The molecule has 1 saturated heterocycles. The number of nitrogens with zero attached hydrogens (tertiary/aromatic N) is 3. The van der Waals surface area contributed by atoms with Gasteiger partial charge in [0.2, 0.25) is 5.91 Å². The third kappa shape index (κ3) is 3.53. The average molecular weight is 348 g/mol. The first-order valence-corrected chi connectivity index (χ1v) is 8.03. The van der Waals surface area contributed by atoms with E-state index in [0.29, 0.717) is 6.42 Å². The third-order valence-electron chi connectivity index (χ3n) is 3.92. The number of hydrogen-bond donors (Lipinski definition) is 0. The van der Waals surface area contributed by atoms with E-state index in [1.807, 2.05) is 46.1 Å². The van der Waals surface area contributed by atoms with Gasteiger partial charge in [0.15, 0.2) is 0 Å². The highest BCUT2D eigenvalue weighted by molar-refractivity contribution is 9.10. The minimum Gasteiger partial charge on any atom is -0.338 e. The first-order chi connectivity index (χ1) is 10.2. The second-order valence-corrected chi connectivity index (χ2v) is 6.33. The summed E-state index contributed by atoms with van der Waals surface area (Å²) < 4.78 is 2.95. The van der Waals surface area contributed by atoms with E-state index < -0.39 is 0 Å². The number of carbonyl (C=O) groups excluding carboxylic acids is 1. The topological polar surface area (TPSA) is 38.1 Å². The molecule has 0 radical (unpaired) electrons. The molecule has 21 heavy (non-hydrogen) atoms. The molecule has 3 rings (SSSR count). The Morgan fingerprint density at radius 2 is 2.14 bits per heavy atom. The molecule has 5 heteroatoms. The van der Waals surface area contributed by atoms with Crippen LogP contribution in [0.2, 0.25) is 0 Å². The summed E-state index contributed by atoms with van der Waals surface area (Å²) in [7, 11) is 0. The van der Waals surface area contributed by atoms with E-state index in [-0.39, 0.29) is 11.9 Å². The molecule has 0 bridgehead atoms. The molecule has 1 aliphatic heterocycles. The van der Waals surface area contributed by atoms with Gasteiger partial charge in [0, 0.05) is 23.4 Å². The van der Waals surface area contributed by atoms with Crippen LogP contribution < -0.4 is 0 Å². The molecular weight excluding hydrogens is 330 g/mol. The van der Waals surface area contributed by atoms with E-state index in [1.54, 1.807) is 6.20 Å². The maximum atomic E-state index is 12.5. The number of carbonyl (C=O) groups is 1. The van der Waals surface area contributed by atoms with Gasteiger partial charge in [-0.25, -0.2) is 0 Å². The average Bonchev–Trinajstić information content (AvgIpc) is 3.13. The molecular formula is C16H18BrN3O. The predicted octanol–water partition coefficient (Wildman–Crippen LogP) is 2.88. The Morgan fingerprint density at radius 1 is 1.33 bits per heavy atom. The predicted molar refractivity (Wildman–Crippen MR) is 84.8 cm³/mol. The number of benzene rings is 1. The van der Waals surface area contributed by atoms with E-state index in [1.165, 1.54) is 0 Å². The summed E-state index contributed by atoms with van der Waals surface area (Å²) in [5.41, 5.74) is 1.06. The molecule has 1 amide bonds. The summed E-state index contributed by atoms with van der Waals surface area (Å²) in [4.78, 5) is 14.5. The number of aromatic nitrogens is 2. The van der Waals surface area contributed by atoms with Crippen LogP contribution in [0.3, 0.4) is 0 Å². The molecule has 2 heterocycles. The molecule has 110 valence electrons. The molecule has 4 nitrogen and oxygen atoms in total. The van der Waals surface area contributed by atoms with Gasteiger partial charge in [-0.3, -0.25) is 9.48 Å². The van der Waals surface area contributed by atoms with Crippen LogP contribution in [-0.4, -0.2) is 33.2 Å². The van der Waals surface area contributed by atoms with E-state index >= 15 is 0 Å². The minimum absolute atomic E-state index is 0.215. The van der Waals surface area contributed by atoms with Crippen LogP contribution in [0.4, 0.5) is 0 Å². The zero-order chi connectivity index (χ0) is 14.7. The highest BCUT2D eigenvalue weighted by Gasteiger charge is 2.28. The fourth-order valence-corrected chi connectivity index (χ4v) is 3.12. The zero-order valence-electron chi connectivity index (χ0n) is 11.8. The summed E-state index contributed by atoms with van der Waals surface area (Å²) in [5, 5.41) is 4.24. The fourth-order valence-electron chi connectivity index (χ4n) is 2.86. The van der Waals surface area contributed by atoms with Gasteiger partial charge in [-0.15, -0.1) is 0 Å². The lowest BCUT2D eigenvalue weighted by Crippen LogP contribution is -2.39. The van der Waals surface area contributed by atoms with Gasteiger partial charge in [0.25, 0.3) is 0 Å². The molecule has 1 aliphatic rings. The fraction of sp³-hybridized carbons (Fsp3) is 0.375. The number of halogens is 1. The Balaban J connectivity index is 1.64. The SMILES string of the molecule is O=C(Cc1ccc(Br)cc1)N1CCCC1Cn1cccn1. The molecule has 0 N–H and O–H groups in total. The van der Waals surface area contributed by atoms with E-state index in [0.717, 1.165) is 36.0 Å². The Bertz CT molecular complexity index is 594. The van der Waals surface area contributed by atoms with E-state index in [4.69, 9.17) is 0 Å². The summed E-state index contributed by atoms with van der Waals surface area (Å²) >= 11 is 3.42. The van der Waals surface area contributed by atoms with Gasteiger partial charge in [-0.2, -0.15) is 5.10 Å². The Hall–Kier alpha value is -1.62. The van der Waals surface area contributed by atoms with Crippen molar-refractivity contribution in [1.82, 2.24) is 14.7 Å². The molecule has 1 unspecified atom stereocenters. The van der Waals surface area contributed by atoms with Crippen molar-refractivity contribution in [2.24, 2.45) is 0 Å². The summed E-state index contributed by atoms with van der Waals surface area (Å²) in [5.74, 6) is 0.215. The van der Waals surface area contributed by atoms with Crippen molar-refractivity contribution >= 4 is 21.8 Å². The number of likely N-dealkylation sites (tertiary alicyclic amines) is 1. The molecule has 0 aliphatic carbocycles. The van der Waals surface area contributed by atoms with Crippen LogP contribution in [0, 0.1) is 0 Å². The lowest BCUT2D eigenvalue weighted by molar-refractivity contribution is -0.131. The van der Waals surface area contributed by atoms with Gasteiger partial charge in [-0.1, -0.05) is 28.1 Å². The number of amides is 1. The molecule has 2 aromatic rings. The quantitative estimate of drug-likeness (QED) is 0.852. The molecule has 1 aromatic heterocycles. The van der Waals surface area contributed by atoms with Gasteiger partial charge in [0.1, 0.15) is 0 Å². The summed E-state index contributed by atoms with van der Waals surface area (Å²) in [6, 6.07) is 10.2. The van der Waals surface area contributed by atoms with Crippen molar-refractivity contribution in [2.75, 3.05) is 6.54 Å². The number of rotatable bonds is 4. The molecule has 1 aromatic carbocycles. The van der Waals surface area contributed by atoms with Gasteiger partial charge < -0.3 is 4.90 Å². The van der Waals surface area contributed by atoms with Crippen LogP contribution in [0.15, 0.2) is 47.2 Å². The monoisotopic (exact) mass is 347 g/mol. The molecule has 0 spiro atoms. The van der Waals surface area contributed by atoms with E-state index in [2.05, 4.69) is 21.0 Å². The lowest BCUT2D eigenvalue weighted by atomic mass is 10.1. The Kier molecular flexibility index (Phi) is 4.39. The number of hydrogen-bond acceptors (Lipinski definition) is 2. The van der Waals surface area contributed by atoms with Gasteiger partial charge in [-0.05, 0) is 36.6 Å². The van der Waals surface area contributed by atoms with Crippen LogP contribution in [0.1, 0.15) is 18.4 Å². The van der Waals surface area contributed by atoms with Crippen molar-refractivity contribution in [1.29, 1.82) is 0 Å². The van der Waals surface area contributed by atoms with Crippen molar-refractivity contribution < 1.29 is 4.79 Å². The third-order valence-corrected chi connectivity index (χ3v) is 4.45.